The van der Waals surface area contributed by atoms with E-state index in [0.717, 1.165) is 77.0 Å². The van der Waals surface area contributed by atoms with Crippen molar-refractivity contribution in [1.82, 2.24) is 9.88 Å². The van der Waals surface area contributed by atoms with E-state index in [9.17, 15) is 4.79 Å². The van der Waals surface area contributed by atoms with Gasteiger partial charge >= 0.3 is 0 Å². The van der Waals surface area contributed by atoms with Crippen molar-refractivity contribution in [2.45, 2.75) is 50.5 Å². The molecule has 1 atom stereocenters. The van der Waals surface area contributed by atoms with Crippen molar-refractivity contribution >= 4 is 5.91 Å². The third kappa shape index (κ3) is 4.52. The van der Waals surface area contributed by atoms with Crippen LogP contribution in [0.3, 0.4) is 0 Å². The van der Waals surface area contributed by atoms with Crippen LogP contribution in [0.2, 0.25) is 0 Å². The number of aromatic nitrogens is 1. The summed E-state index contributed by atoms with van der Waals surface area (Å²) in [6.45, 7) is 3.24. The van der Waals surface area contributed by atoms with Gasteiger partial charge in [0.15, 0.2) is 0 Å². The summed E-state index contributed by atoms with van der Waals surface area (Å²) < 4.78 is 12.1. The van der Waals surface area contributed by atoms with Gasteiger partial charge < -0.3 is 14.4 Å². The van der Waals surface area contributed by atoms with Gasteiger partial charge in [0.1, 0.15) is 5.75 Å². The average molecular weight is 370 g/mol. The molecule has 5 nitrogen and oxygen atoms in total. The molecule has 0 saturated carbocycles. The Kier molecular flexibility index (Phi) is 5.77. The summed E-state index contributed by atoms with van der Waals surface area (Å²) in [5, 5.41) is 0. The van der Waals surface area contributed by atoms with Crippen molar-refractivity contribution in [3.05, 3.63) is 36.7 Å². The van der Waals surface area contributed by atoms with Crippen molar-refractivity contribution < 1.29 is 14.3 Å². The molecule has 1 amide bonds. The fraction of sp³-hybridized carbons (Fsp3) is 0.636. The molecule has 5 heteroatoms. The van der Waals surface area contributed by atoms with E-state index in [1.807, 2.05) is 12.1 Å². The Labute approximate surface area is 161 Å². The summed E-state index contributed by atoms with van der Waals surface area (Å²) in [5.41, 5.74) is -0.0259. The van der Waals surface area contributed by atoms with Crippen LogP contribution in [0.15, 0.2) is 36.7 Å². The number of hydrogen-bond acceptors (Lipinski definition) is 4. The molecular formula is C22H30N2O3. The highest BCUT2D eigenvalue weighted by molar-refractivity contribution is 5.79. The van der Waals surface area contributed by atoms with Gasteiger partial charge in [0.2, 0.25) is 5.91 Å². The topological polar surface area (TPSA) is 51.7 Å². The van der Waals surface area contributed by atoms with Gasteiger partial charge in [0.05, 0.1) is 18.4 Å². The van der Waals surface area contributed by atoms with E-state index >= 15 is 0 Å². The number of piperidine rings is 1. The van der Waals surface area contributed by atoms with Crippen LogP contribution in [-0.4, -0.2) is 47.7 Å². The van der Waals surface area contributed by atoms with Gasteiger partial charge in [-0.05, 0) is 63.0 Å². The van der Waals surface area contributed by atoms with Crippen LogP contribution in [0.4, 0.5) is 0 Å². The summed E-state index contributed by atoms with van der Waals surface area (Å²) in [4.78, 5) is 18.8. The molecule has 0 radical (unpaired) electrons. The predicted molar refractivity (Wildman–Crippen MR) is 103 cm³/mol. The summed E-state index contributed by atoms with van der Waals surface area (Å²) in [6, 6.07) is 3.85. The Morgan fingerprint density at radius 2 is 2.11 bits per heavy atom. The molecule has 2 aliphatic heterocycles. The van der Waals surface area contributed by atoms with Crippen molar-refractivity contribution in [1.29, 1.82) is 0 Å². The van der Waals surface area contributed by atoms with Crippen LogP contribution in [0, 0.1) is 11.8 Å². The van der Waals surface area contributed by atoms with Crippen LogP contribution in [0.1, 0.15) is 44.9 Å². The molecule has 0 aromatic carbocycles. The molecule has 3 heterocycles. The number of hydrogen-bond donors (Lipinski definition) is 0. The lowest BCUT2D eigenvalue weighted by atomic mass is 9.78. The fourth-order valence-corrected chi connectivity index (χ4v) is 4.71. The Balaban J connectivity index is 1.24. The molecule has 4 rings (SSSR count). The van der Waals surface area contributed by atoms with E-state index in [0.29, 0.717) is 11.8 Å². The van der Waals surface area contributed by atoms with Crippen LogP contribution >= 0.6 is 0 Å². The Bertz CT molecular complexity index is 645. The van der Waals surface area contributed by atoms with Crippen molar-refractivity contribution in [3.63, 3.8) is 0 Å². The molecule has 1 spiro atoms. The van der Waals surface area contributed by atoms with Crippen molar-refractivity contribution in [2.75, 3.05) is 26.3 Å². The summed E-state index contributed by atoms with van der Waals surface area (Å²) in [5.74, 6) is 2.00. The van der Waals surface area contributed by atoms with E-state index in [4.69, 9.17) is 9.47 Å². The molecule has 1 unspecified atom stereocenters. The predicted octanol–water partition coefficient (Wildman–Crippen LogP) is 3.60. The number of amides is 1. The molecule has 1 aromatic rings. The Hall–Kier alpha value is -1.88. The minimum atomic E-state index is -0.0259. The van der Waals surface area contributed by atoms with Gasteiger partial charge in [-0.25, -0.2) is 0 Å². The fourth-order valence-electron chi connectivity index (χ4n) is 4.71. The maximum Gasteiger partial charge on any atom is 0.226 e. The lowest BCUT2D eigenvalue weighted by Gasteiger charge is -2.46. The Morgan fingerprint density at radius 3 is 2.85 bits per heavy atom. The highest BCUT2D eigenvalue weighted by Gasteiger charge is 2.41. The first-order chi connectivity index (χ1) is 13.2. The maximum atomic E-state index is 12.6. The molecule has 2 saturated heterocycles. The van der Waals surface area contributed by atoms with Gasteiger partial charge in [-0.2, -0.15) is 0 Å². The standard InChI is InChI=1S/C22H30N2O3/c25-21(19-4-1-2-5-19)24-12-9-22(10-13-24)16-18(8-15-27-22)7-14-26-20-6-3-11-23-17-20/h1-3,6,11,17-19H,4-5,7-10,12-16H2. The number of carbonyl (C=O) groups excluding carboxylic acids is 1. The minimum Gasteiger partial charge on any atom is -0.492 e. The highest BCUT2D eigenvalue weighted by Crippen LogP contribution is 2.39. The first-order valence-corrected chi connectivity index (χ1v) is 10.3. The first kappa shape index (κ1) is 18.5. The monoisotopic (exact) mass is 370 g/mol. The number of allylic oxidation sites excluding steroid dienone is 2. The second-order valence-electron chi connectivity index (χ2n) is 8.18. The van der Waals surface area contributed by atoms with E-state index in [1.165, 1.54) is 0 Å². The van der Waals surface area contributed by atoms with Crippen LogP contribution < -0.4 is 4.74 Å². The number of pyridine rings is 1. The maximum absolute atomic E-state index is 12.6. The van der Waals surface area contributed by atoms with Gasteiger partial charge in [-0.3, -0.25) is 9.78 Å². The van der Waals surface area contributed by atoms with E-state index in [2.05, 4.69) is 22.0 Å². The zero-order valence-corrected chi connectivity index (χ0v) is 16.0. The molecule has 2 fully saturated rings. The number of carbonyl (C=O) groups is 1. The zero-order valence-electron chi connectivity index (χ0n) is 16.0. The molecular weight excluding hydrogens is 340 g/mol. The van der Waals surface area contributed by atoms with Crippen LogP contribution in [-0.2, 0) is 9.53 Å². The third-order valence-electron chi connectivity index (χ3n) is 6.37. The zero-order chi connectivity index (χ0) is 18.5. The third-order valence-corrected chi connectivity index (χ3v) is 6.37. The number of nitrogens with zero attached hydrogens (tertiary/aromatic N) is 2. The smallest absolute Gasteiger partial charge is 0.226 e. The van der Waals surface area contributed by atoms with Gasteiger partial charge in [-0.1, -0.05) is 12.2 Å². The largest absolute Gasteiger partial charge is 0.492 e. The second-order valence-corrected chi connectivity index (χ2v) is 8.18. The lowest BCUT2D eigenvalue weighted by Crippen LogP contribution is -2.51. The normalized spacial score (nSPS) is 25.0. The molecule has 0 bridgehead atoms. The quantitative estimate of drug-likeness (QED) is 0.743. The first-order valence-electron chi connectivity index (χ1n) is 10.3. The van der Waals surface area contributed by atoms with Crippen LogP contribution in [0.5, 0.6) is 5.75 Å². The van der Waals surface area contributed by atoms with Crippen molar-refractivity contribution in [2.24, 2.45) is 11.8 Å². The molecule has 1 aromatic heterocycles. The van der Waals surface area contributed by atoms with Gasteiger partial charge in [0.25, 0.3) is 0 Å². The SMILES string of the molecule is O=C(C1CC=CC1)N1CCC2(CC1)CC(CCOc1cccnc1)CCO2. The van der Waals surface area contributed by atoms with Crippen molar-refractivity contribution in [3.8, 4) is 5.75 Å². The number of likely N-dealkylation sites (tertiary alicyclic amines) is 1. The molecule has 0 N–H and O–H groups in total. The molecule has 1 aliphatic carbocycles. The number of ether oxygens (including phenoxy) is 2. The minimum absolute atomic E-state index is 0.0259. The molecule has 27 heavy (non-hydrogen) atoms. The lowest BCUT2D eigenvalue weighted by molar-refractivity contribution is -0.150. The summed E-state index contributed by atoms with van der Waals surface area (Å²) in [6.07, 6.45) is 14.8. The number of rotatable bonds is 5. The second kappa shape index (κ2) is 8.42. The molecule has 3 aliphatic rings. The van der Waals surface area contributed by atoms with Crippen LogP contribution in [0.25, 0.3) is 0 Å². The summed E-state index contributed by atoms with van der Waals surface area (Å²) in [7, 11) is 0. The van der Waals surface area contributed by atoms with Gasteiger partial charge in [-0.15, -0.1) is 0 Å². The van der Waals surface area contributed by atoms with E-state index < -0.39 is 0 Å². The van der Waals surface area contributed by atoms with E-state index in [-0.39, 0.29) is 11.5 Å². The van der Waals surface area contributed by atoms with E-state index in [1.54, 1.807) is 12.4 Å². The summed E-state index contributed by atoms with van der Waals surface area (Å²) >= 11 is 0. The Morgan fingerprint density at radius 1 is 1.30 bits per heavy atom. The average Bonchev–Trinajstić information content (AvgIpc) is 3.24. The molecule has 146 valence electrons. The van der Waals surface area contributed by atoms with Gasteiger partial charge in [0, 0.05) is 31.8 Å². The highest BCUT2D eigenvalue weighted by atomic mass is 16.5.